The highest BCUT2D eigenvalue weighted by molar-refractivity contribution is 5.88. The summed E-state index contributed by atoms with van der Waals surface area (Å²) in [7, 11) is 0. The second kappa shape index (κ2) is 8.60. The molecule has 1 aromatic heterocycles. The van der Waals surface area contributed by atoms with Gasteiger partial charge in [-0.05, 0) is 24.6 Å². The maximum absolute atomic E-state index is 12.2. The molecule has 1 unspecified atom stereocenters. The Morgan fingerprint density at radius 1 is 1.24 bits per heavy atom. The summed E-state index contributed by atoms with van der Waals surface area (Å²) in [6, 6.07) is 12.0. The molecule has 2 N–H and O–H groups in total. The van der Waals surface area contributed by atoms with E-state index in [1.54, 1.807) is 18.5 Å². The fraction of sp³-hybridized carbons (Fsp3) is 0.368. The Morgan fingerprint density at radius 3 is 2.68 bits per heavy atom. The summed E-state index contributed by atoms with van der Waals surface area (Å²) in [6.45, 7) is 5.80. The molecule has 0 radical (unpaired) electrons. The average molecular weight is 340 g/mol. The number of ether oxygens (including phenoxy) is 1. The number of amides is 2. The van der Waals surface area contributed by atoms with Crippen LogP contribution in [0.2, 0.25) is 0 Å². The Hall–Kier alpha value is -2.44. The molecule has 2 aromatic rings. The third-order valence-corrected chi connectivity index (χ3v) is 4.32. The highest BCUT2D eigenvalue weighted by Gasteiger charge is 2.23. The molecule has 25 heavy (non-hydrogen) atoms. The van der Waals surface area contributed by atoms with Crippen molar-refractivity contribution < 1.29 is 9.53 Å². The van der Waals surface area contributed by atoms with Crippen LogP contribution in [0.1, 0.15) is 17.2 Å². The van der Waals surface area contributed by atoms with Gasteiger partial charge < -0.3 is 15.4 Å². The molecule has 0 saturated carbocycles. The number of aryl methyl sites for hydroxylation is 1. The topological polar surface area (TPSA) is 66.5 Å². The lowest BCUT2D eigenvalue weighted by atomic mass is 10.0. The minimum Gasteiger partial charge on any atom is -0.379 e. The number of hydrogen-bond donors (Lipinski definition) is 2. The number of carbonyl (C=O) groups is 1. The molecule has 1 aliphatic rings. The first-order valence-electron chi connectivity index (χ1n) is 8.55. The lowest BCUT2D eigenvalue weighted by Gasteiger charge is -2.35. The Kier molecular flexibility index (Phi) is 5.98. The molecular formula is C19H24N4O2. The second-order valence-electron chi connectivity index (χ2n) is 6.15. The number of rotatable bonds is 5. The fourth-order valence-electron chi connectivity index (χ4n) is 2.94. The van der Waals surface area contributed by atoms with Crippen LogP contribution in [-0.4, -0.2) is 48.8 Å². The number of carbonyl (C=O) groups excluding carboxylic acids is 1. The van der Waals surface area contributed by atoms with Crippen LogP contribution in [0.3, 0.4) is 0 Å². The van der Waals surface area contributed by atoms with Crippen LogP contribution in [0, 0.1) is 6.92 Å². The van der Waals surface area contributed by atoms with E-state index in [0.717, 1.165) is 26.3 Å². The van der Waals surface area contributed by atoms with E-state index in [2.05, 4.69) is 51.7 Å². The molecule has 2 amide bonds. The molecule has 132 valence electrons. The predicted molar refractivity (Wildman–Crippen MR) is 97.6 cm³/mol. The van der Waals surface area contributed by atoms with Crippen molar-refractivity contribution in [2.24, 2.45) is 0 Å². The highest BCUT2D eigenvalue weighted by atomic mass is 16.5. The number of morpholine rings is 1. The molecule has 2 heterocycles. The first kappa shape index (κ1) is 17.4. The van der Waals surface area contributed by atoms with Crippen LogP contribution in [-0.2, 0) is 4.74 Å². The van der Waals surface area contributed by atoms with Crippen molar-refractivity contribution in [1.82, 2.24) is 15.2 Å². The van der Waals surface area contributed by atoms with Crippen LogP contribution >= 0.6 is 0 Å². The quantitative estimate of drug-likeness (QED) is 0.878. The van der Waals surface area contributed by atoms with E-state index >= 15 is 0 Å². The number of hydrogen-bond acceptors (Lipinski definition) is 4. The molecule has 6 heteroatoms. The number of nitrogens with zero attached hydrogens (tertiary/aromatic N) is 2. The summed E-state index contributed by atoms with van der Waals surface area (Å²) >= 11 is 0. The molecule has 1 atom stereocenters. The van der Waals surface area contributed by atoms with Crippen molar-refractivity contribution in [3.8, 4) is 0 Å². The van der Waals surface area contributed by atoms with Crippen LogP contribution in [0.4, 0.5) is 10.5 Å². The van der Waals surface area contributed by atoms with E-state index in [0.29, 0.717) is 12.2 Å². The van der Waals surface area contributed by atoms with E-state index < -0.39 is 0 Å². The van der Waals surface area contributed by atoms with Crippen molar-refractivity contribution in [2.75, 3.05) is 38.2 Å². The largest absolute Gasteiger partial charge is 0.379 e. The molecule has 1 saturated heterocycles. The van der Waals surface area contributed by atoms with Crippen LogP contribution in [0.15, 0.2) is 48.8 Å². The third-order valence-electron chi connectivity index (χ3n) is 4.32. The van der Waals surface area contributed by atoms with Gasteiger partial charge >= 0.3 is 6.03 Å². The normalized spacial score (nSPS) is 16.2. The lowest BCUT2D eigenvalue weighted by molar-refractivity contribution is 0.0168. The zero-order valence-corrected chi connectivity index (χ0v) is 14.4. The zero-order valence-electron chi connectivity index (χ0n) is 14.4. The standard InChI is InChI=1S/C19H24N4O2/c1-15-4-6-16(7-5-15)18(23-9-11-25-12-10-23)14-21-19(24)22-17-3-2-8-20-13-17/h2-8,13,18H,9-12,14H2,1H3,(H2,21,22,24). The number of nitrogens with one attached hydrogen (secondary N) is 2. The van der Waals surface area contributed by atoms with Crippen molar-refractivity contribution in [3.63, 3.8) is 0 Å². The van der Waals surface area contributed by atoms with Gasteiger partial charge in [0.1, 0.15) is 0 Å². The van der Waals surface area contributed by atoms with Crippen LogP contribution < -0.4 is 10.6 Å². The van der Waals surface area contributed by atoms with E-state index in [1.807, 2.05) is 6.07 Å². The van der Waals surface area contributed by atoms with Crippen molar-refractivity contribution in [1.29, 1.82) is 0 Å². The molecule has 1 aliphatic heterocycles. The van der Waals surface area contributed by atoms with E-state index in [-0.39, 0.29) is 12.1 Å². The number of pyridine rings is 1. The number of anilines is 1. The van der Waals surface area contributed by atoms with E-state index in [1.165, 1.54) is 11.1 Å². The molecule has 3 rings (SSSR count). The first-order chi connectivity index (χ1) is 12.2. The van der Waals surface area contributed by atoms with E-state index in [4.69, 9.17) is 4.74 Å². The summed E-state index contributed by atoms with van der Waals surface area (Å²) in [4.78, 5) is 18.5. The zero-order chi connectivity index (χ0) is 17.5. The number of aromatic nitrogens is 1. The average Bonchev–Trinajstić information content (AvgIpc) is 2.65. The van der Waals surface area contributed by atoms with Gasteiger partial charge in [-0.3, -0.25) is 9.88 Å². The number of urea groups is 1. The van der Waals surface area contributed by atoms with Crippen LogP contribution in [0.5, 0.6) is 0 Å². The maximum atomic E-state index is 12.2. The van der Waals surface area contributed by atoms with Crippen molar-refractivity contribution in [2.45, 2.75) is 13.0 Å². The van der Waals surface area contributed by atoms with Gasteiger partial charge in [-0.15, -0.1) is 0 Å². The first-order valence-corrected chi connectivity index (χ1v) is 8.55. The van der Waals surface area contributed by atoms with Gasteiger partial charge in [0.2, 0.25) is 0 Å². The van der Waals surface area contributed by atoms with Gasteiger partial charge in [-0.2, -0.15) is 0 Å². The minimum absolute atomic E-state index is 0.129. The van der Waals surface area contributed by atoms with Crippen LogP contribution in [0.25, 0.3) is 0 Å². The molecular weight excluding hydrogens is 316 g/mol. The van der Waals surface area contributed by atoms with Gasteiger partial charge in [0.15, 0.2) is 0 Å². The monoisotopic (exact) mass is 340 g/mol. The van der Waals surface area contributed by atoms with Crippen molar-refractivity contribution >= 4 is 11.7 Å². The van der Waals surface area contributed by atoms with Gasteiger partial charge in [0.05, 0.1) is 31.1 Å². The fourth-order valence-corrected chi connectivity index (χ4v) is 2.94. The Bertz CT molecular complexity index is 670. The van der Waals surface area contributed by atoms with Gasteiger partial charge in [-0.1, -0.05) is 29.8 Å². The smallest absolute Gasteiger partial charge is 0.319 e. The van der Waals surface area contributed by atoms with E-state index in [9.17, 15) is 4.79 Å². The third kappa shape index (κ3) is 5.01. The van der Waals surface area contributed by atoms with Gasteiger partial charge in [0, 0.05) is 25.8 Å². The molecule has 6 nitrogen and oxygen atoms in total. The molecule has 1 fully saturated rings. The maximum Gasteiger partial charge on any atom is 0.319 e. The number of benzene rings is 1. The molecule has 0 aliphatic carbocycles. The highest BCUT2D eigenvalue weighted by Crippen LogP contribution is 2.21. The van der Waals surface area contributed by atoms with Gasteiger partial charge in [0.25, 0.3) is 0 Å². The molecule has 1 aromatic carbocycles. The molecule has 0 spiro atoms. The predicted octanol–water partition coefficient (Wildman–Crippen LogP) is 2.59. The summed E-state index contributed by atoms with van der Waals surface area (Å²) in [5.41, 5.74) is 3.11. The molecule has 0 bridgehead atoms. The second-order valence-corrected chi connectivity index (χ2v) is 6.15. The summed E-state index contributed by atoms with van der Waals surface area (Å²) < 4.78 is 5.46. The Labute approximate surface area is 148 Å². The van der Waals surface area contributed by atoms with Gasteiger partial charge in [-0.25, -0.2) is 4.79 Å². The van der Waals surface area contributed by atoms with Crippen molar-refractivity contribution in [3.05, 3.63) is 59.9 Å². The Morgan fingerprint density at radius 2 is 2.00 bits per heavy atom. The lowest BCUT2D eigenvalue weighted by Crippen LogP contribution is -2.44. The Balaban J connectivity index is 1.64. The summed E-state index contributed by atoms with van der Waals surface area (Å²) in [6.07, 6.45) is 3.30. The summed E-state index contributed by atoms with van der Waals surface area (Å²) in [5.74, 6) is 0. The summed E-state index contributed by atoms with van der Waals surface area (Å²) in [5, 5.41) is 5.79. The minimum atomic E-state index is -0.224. The SMILES string of the molecule is Cc1ccc(C(CNC(=O)Nc2cccnc2)N2CCOCC2)cc1.